The van der Waals surface area contributed by atoms with Crippen molar-refractivity contribution in [3.63, 3.8) is 0 Å². The molecule has 0 aliphatic heterocycles. The molecule has 0 aliphatic rings. The molecule has 20 heavy (non-hydrogen) atoms. The van der Waals surface area contributed by atoms with Gasteiger partial charge in [-0.1, -0.05) is 37.3 Å². The highest BCUT2D eigenvalue weighted by molar-refractivity contribution is 7.15. The number of aromatic hydroxyl groups is 1. The van der Waals surface area contributed by atoms with Crippen LogP contribution in [0, 0.1) is 19.8 Å². The Balaban J connectivity index is 2.00. The summed E-state index contributed by atoms with van der Waals surface area (Å²) in [6, 6.07) is 3.98. The largest absolute Gasteiger partial charge is 0.507 e. The normalized spacial score (nSPS) is 11.1. The molecule has 0 spiro atoms. The van der Waals surface area contributed by atoms with Crippen molar-refractivity contribution in [2.24, 2.45) is 5.92 Å². The van der Waals surface area contributed by atoms with E-state index in [1.165, 1.54) is 0 Å². The van der Waals surface area contributed by atoms with Gasteiger partial charge < -0.3 is 10.4 Å². The molecule has 0 atom stereocenters. The van der Waals surface area contributed by atoms with Crippen molar-refractivity contribution >= 4 is 16.5 Å². The third-order valence-corrected chi connectivity index (χ3v) is 3.95. The number of phenolic OH excluding ortho intramolecular Hbond substituents is 1. The van der Waals surface area contributed by atoms with Crippen molar-refractivity contribution in [2.75, 3.05) is 5.32 Å². The first kappa shape index (κ1) is 14.8. The van der Waals surface area contributed by atoms with Crippen molar-refractivity contribution in [1.29, 1.82) is 0 Å². The smallest absolute Gasteiger partial charge is 0.205 e. The molecule has 0 unspecified atom stereocenters. The summed E-state index contributed by atoms with van der Waals surface area (Å²) in [5.74, 6) is 0.974. The van der Waals surface area contributed by atoms with Gasteiger partial charge in [0.25, 0.3) is 0 Å². The average Bonchev–Trinajstić information content (AvgIpc) is 2.80. The van der Waals surface area contributed by atoms with Crippen LogP contribution >= 0.6 is 11.3 Å². The molecule has 108 valence electrons. The molecule has 4 nitrogen and oxygen atoms in total. The van der Waals surface area contributed by atoms with Gasteiger partial charge in [0.15, 0.2) is 0 Å². The van der Waals surface area contributed by atoms with Crippen molar-refractivity contribution < 1.29 is 5.11 Å². The fraction of sp³-hybridized carbons (Fsp3) is 0.467. The van der Waals surface area contributed by atoms with Crippen molar-refractivity contribution in [3.05, 3.63) is 33.8 Å². The average molecular weight is 291 g/mol. The molecule has 0 aliphatic carbocycles. The summed E-state index contributed by atoms with van der Waals surface area (Å²) in [5, 5.41) is 23.3. The second-order valence-corrected chi connectivity index (χ2v) is 6.59. The van der Waals surface area contributed by atoms with E-state index in [0.29, 0.717) is 18.2 Å². The monoisotopic (exact) mass is 291 g/mol. The van der Waals surface area contributed by atoms with Crippen LogP contribution in [-0.4, -0.2) is 15.3 Å². The molecule has 1 heterocycles. The van der Waals surface area contributed by atoms with Crippen LogP contribution in [-0.2, 0) is 13.0 Å². The number of benzene rings is 1. The van der Waals surface area contributed by atoms with Gasteiger partial charge in [-0.3, -0.25) is 0 Å². The van der Waals surface area contributed by atoms with Gasteiger partial charge in [0, 0.05) is 13.0 Å². The van der Waals surface area contributed by atoms with Crippen LogP contribution in [0.5, 0.6) is 5.75 Å². The first-order chi connectivity index (χ1) is 9.45. The predicted octanol–water partition coefficient (Wildman–Crippen LogP) is 3.67. The molecule has 0 saturated heterocycles. The predicted molar refractivity (Wildman–Crippen MR) is 83.4 cm³/mol. The number of hydrogen-bond donors (Lipinski definition) is 2. The minimum Gasteiger partial charge on any atom is -0.507 e. The quantitative estimate of drug-likeness (QED) is 0.882. The summed E-state index contributed by atoms with van der Waals surface area (Å²) in [4.78, 5) is 0. The molecule has 2 rings (SSSR count). The zero-order valence-electron chi connectivity index (χ0n) is 12.4. The Bertz CT molecular complexity index is 570. The van der Waals surface area contributed by atoms with Crippen LogP contribution < -0.4 is 5.32 Å². The first-order valence-electron chi connectivity index (χ1n) is 6.81. The lowest BCUT2D eigenvalue weighted by molar-refractivity contribution is 0.466. The number of hydrogen-bond acceptors (Lipinski definition) is 5. The van der Waals surface area contributed by atoms with E-state index in [4.69, 9.17) is 0 Å². The summed E-state index contributed by atoms with van der Waals surface area (Å²) in [7, 11) is 0. The molecular weight excluding hydrogens is 270 g/mol. The van der Waals surface area contributed by atoms with Crippen LogP contribution in [0.3, 0.4) is 0 Å². The Hall–Kier alpha value is -1.62. The topological polar surface area (TPSA) is 58.0 Å². The van der Waals surface area contributed by atoms with Gasteiger partial charge in [-0.15, -0.1) is 10.2 Å². The van der Waals surface area contributed by atoms with E-state index in [1.54, 1.807) is 11.3 Å². The molecular formula is C15H21N3OS. The SMILES string of the molecule is Cc1cc(CNc2nnc(CC(C)C)s2)cc(C)c1O. The van der Waals surface area contributed by atoms with Crippen molar-refractivity contribution in [1.82, 2.24) is 10.2 Å². The second-order valence-electron chi connectivity index (χ2n) is 5.53. The lowest BCUT2D eigenvalue weighted by Crippen LogP contribution is -2.00. The molecule has 1 aromatic heterocycles. The van der Waals surface area contributed by atoms with Gasteiger partial charge in [0.05, 0.1) is 0 Å². The number of aryl methyl sites for hydroxylation is 2. The number of nitrogens with one attached hydrogen (secondary N) is 1. The molecule has 0 fully saturated rings. The van der Waals surface area contributed by atoms with Gasteiger partial charge in [-0.25, -0.2) is 0 Å². The summed E-state index contributed by atoms with van der Waals surface area (Å²) in [6.45, 7) is 8.88. The fourth-order valence-electron chi connectivity index (χ4n) is 2.08. The molecule has 2 aromatic rings. The van der Waals surface area contributed by atoms with Gasteiger partial charge in [-0.05, 0) is 36.5 Å². The second kappa shape index (κ2) is 6.22. The summed E-state index contributed by atoms with van der Waals surface area (Å²) >= 11 is 1.61. The fourth-order valence-corrected chi connectivity index (χ4v) is 3.03. The highest BCUT2D eigenvalue weighted by Gasteiger charge is 2.07. The molecule has 0 radical (unpaired) electrons. The zero-order valence-corrected chi connectivity index (χ0v) is 13.2. The lowest BCUT2D eigenvalue weighted by atomic mass is 10.1. The van der Waals surface area contributed by atoms with Crippen molar-refractivity contribution in [3.8, 4) is 5.75 Å². The first-order valence-corrected chi connectivity index (χ1v) is 7.62. The molecule has 1 aromatic carbocycles. The lowest BCUT2D eigenvalue weighted by Gasteiger charge is -2.08. The Kier molecular flexibility index (Phi) is 4.60. The minimum atomic E-state index is 0.379. The zero-order chi connectivity index (χ0) is 14.7. The number of rotatable bonds is 5. The van der Waals surface area contributed by atoms with E-state index >= 15 is 0 Å². The number of phenols is 1. The number of anilines is 1. The molecule has 2 N–H and O–H groups in total. The highest BCUT2D eigenvalue weighted by Crippen LogP contribution is 2.24. The molecule has 0 amide bonds. The Morgan fingerprint density at radius 3 is 2.45 bits per heavy atom. The molecule has 0 bridgehead atoms. The minimum absolute atomic E-state index is 0.379. The van der Waals surface area contributed by atoms with Crippen LogP contribution in [0.25, 0.3) is 0 Å². The maximum absolute atomic E-state index is 9.76. The van der Waals surface area contributed by atoms with Crippen LogP contribution in [0.15, 0.2) is 12.1 Å². The molecule has 0 saturated carbocycles. The Morgan fingerprint density at radius 2 is 1.85 bits per heavy atom. The summed E-state index contributed by atoms with van der Waals surface area (Å²) < 4.78 is 0. The van der Waals surface area contributed by atoms with E-state index in [-0.39, 0.29) is 0 Å². The number of aromatic nitrogens is 2. The van der Waals surface area contributed by atoms with E-state index in [1.807, 2.05) is 26.0 Å². The summed E-state index contributed by atoms with van der Waals surface area (Å²) in [5.41, 5.74) is 2.94. The third-order valence-electron chi connectivity index (χ3n) is 3.04. The Morgan fingerprint density at radius 1 is 1.20 bits per heavy atom. The van der Waals surface area contributed by atoms with Gasteiger partial charge >= 0.3 is 0 Å². The van der Waals surface area contributed by atoms with Crippen LogP contribution in [0.4, 0.5) is 5.13 Å². The third kappa shape index (κ3) is 3.70. The maximum Gasteiger partial charge on any atom is 0.205 e. The molecule has 5 heteroatoms. The van der Waals surface area contributed by atoms with E-state index in [2.05, 4.69) is 29.4 Å². The van der Waals surface area contributed by atoms with E-state index < -0.39 is 0 Å². The maximum atomic E-state index is 9.76. The van der Waals surface area contributed by atoms with Gasteiger partial charge in [0.1, 0.15) is 10.8 Å². The van der Waals surface area contributed by atoms with E-state index in [0.717, 1.165) is 33.3 Å². The van der Waals surface area contributed by atoms with Crippen LogP contribution in [0.2, 0.25) is 0 Å². The number of nitrogens with zero attached hydrogens (tertiary/aromatic N) is 2. The summed E-state index contributed by atoms with van der Waals surface area (Å²) in [6.07, 6.45) is 0.969. The van der Waals surface area contributed by atoms with Gasteiger partial charge in [0.2, 0.25) is 5.13 Å². The highest BCUT2D eigenvalue weighted by atomic mass is 32.1. The standard InChI is InChI=1S/C15H21N3OS/c1-9(2)5-13-17-18-15(20-13)16-8-12-6-10(3)14(19)11(4)7-12/h6-7,9,19H,5,8H2,1-4H3,(H,16,18). The van der Waals surface area contributed by atoms with E-state index in [9.17, 15) is 5.11 Å². The van der Waals surface area contributed by atoms with Gasteiger partial charge in [-0.2, -0.15) is 0 Å². The van der Waals surface area contributed by atoms with Crippen molar-refractivity contribution in [2.45, 2.75) is 40.7 Å². The Labute approximate surface area is 123 Å². The van der Waals surface area contributed by atoms with Crippen LogP contribution in [0.1, 0.15) is 35.5 Å².